The van der Waals surface area contributed by atoms with Crippen LogP contribution in [0.25, 0.3) is 0 Å². The second-order valence-corrected chi connectivity index (χ2v) is 6.86. The lowest BCUT2D eigenvalue weighted by molar-refractivity contribution is -0.384. The molecule has 0 aliphatic rings. The van der Waals surface area contributed by atoms with Crippen LogP contribution < -0.4 is 20.1 Å². The molecule has 0 spiro atoms. The highest BCUT2D eigenvalue weighted by molar-refractivity contribution is 7.80. The third-order valence-electron chi connectivity index (χ3n) is 4.26. The van der Waals surface area contributed by atoms with Crippen molar-refractivity contribution in [3.05, 3.63) is 58.1 Å². The number of nitrogens with zero attached hydrogens (tertiary/aromatic N) is 1. The topological polar surface area (TPSA) is 103 Å². The third-order valence-corrected chi connectivity index (χ3v) is 4.46. The zero-order valence-electron chi connectivity index (χ0n) is 17.0. The number of ether oxygens (including phenoxy) is 2. The summed E-state index contributed by atoms with van der Waals surface area (Å²) in [6, 6.07) is 11.0. The van der Waals surface area contributed by atoms with E-state index in [2.05, 4.69) is 17.6 Å². The summed E-state index contributed by atoms with van der Waals surface area (Å²) in [6.07, 6.45) is 4.27. The molecule has 0 atom stereocenters. The van der Waals surface area contributed by atoms with E-state index in [-0.39, 0.29) is 16.5 Å². The molecule has 2 aromatic rings. The highest BCUT2D eigenvalue weighted by Gasteiger charge is 2.16. The summed E-state index contributed by atoms with van der Waals surface area (Å²) >= 11 is 5.20. The normalized spacial score (nSPS) is 10.2. The van der Waals surface area contributed by atoms with Gasteiger partial charge < -0.3 is 14.8 Å². The van der Waals surface area contributed by atoms with E-state index in [0.29, 0.717) is 23.7 Å². The van der Waals surface area contributed by atoms with Crippen LogP contribution in [0.2, 0.25) is 0 Å². The predicted octanol–water partition coefficient (Wildman–Crippen LogP) is 4.69. The molecular weight excluding hydrogens is 406 g/mol. The summed E-state index contributed by atoms with van der Waals surface area (Å²) in [7, 11) is 1.43. The van der Waals surface area contributed by atoms with Gasteiger partial charge in [-0.25, -0.2) is 0 Å². The molecule has 9 heteroatoms. The monoisotopic (exact) mass is 431 g/mol. The number of unbranched alkanes of at least 4 members (excludes halogenated alkanes) is 3. The number of hydrogen-bond donors (Lipinski definition) is 2. The number of amides is 1. The maximum atomic E-state index is 12.7. The second kappa shape index (κ2) is 11.7. The predicted molar refractivity (Wildman–Crippen MR) is 119 cm³/mol. The van der Waals surface area contributed by atoms with E-state index in [1.165, 1.54) is 25.3 Å². The first kappa shape index (κ1) is 23.1. The van der Waals surface area contributed by atoms with Crippen molar-refractivity contribution in [3.8, 4) is 11.5 Å². The summed E-state index contributed by atoms with van der Waals surface area (Å²) in [6.45, 7) is 2.67. The van der Waals surface area contributed by atoms with Gasteiger partial charge in [0.15, 0.2) is 5.11 Å². The first-order valence-electron chi connectivity index (χ1n) is 9.62. The first-order chi connectivity index (χ1) is 14.5. The molecule has 2 rings (SSSR count). The lowest BCUT2D eigenvalue weighted by Gasteiger charge is -2.14. The zero-order chi connectivity index (χ0) is 21.9. The number of para-hydroxylation sites is 1. The van der Waals surface area contributed by atoms with E-state index in [1.807, 2.05) is 0 Å². The SMILES string of the molecule is CCCCCCOc1ccccc1C(=O)NC(=S)Nc1cc([N+](=O)[O-])ccc1OC. The van der Waals surface area contributed by atoms with E-state index in [0.717, 1.165) is 25.7 Å². The van der Waals surface area contributed by atoms with Crippen molar-refractivity contribution in [3.63, 3.8) is 0 Å². The van der Waals surface area contributed by atoms with Gasteiger partial charge in [0, 0.05) is 12.1 Å². The quantitative estimate of drug-likeness (QED) is 0.243. The smallest absolute Gasteiger partial charge is 0.271 e. The summed E-state index contributed by atoms with van der Waals surface area (Å²) < 4.78 is 10.9. The molecule has 0 aromatic heterocycles. The molecule has 0 aliphatic carbocycles. The molecule has 0 heterocycles. The lowest BCUT2D eigenvalue weighted by Crippen LogP contribution is -2.34. The number of anilines is 1. The Morgan fingerprint density at radius 3 is 2.60 bits per heavy atom. The highest BCUT2D eigenvalue weighted by atomic mass is 32.1. The fourth-order valence-electron chi connectivity index (χ4n) is 2.72. The van der Waals surface area contributed by atoms with Gasteiger partial charge in [0.1, 0.15) is 11.5 Å². The number of non-ortho nitro benzene ring substituents is 1. The molecule has 160 valence electrons. The second-order valence-electron chi connectivity index (χ2n) is 6.46. The van der Waals surface area contributed by atoms with E-state index in [1.54, 1.807) is 24.3 Å². The number of carbonyl (C=O) groups excluding carboxylic acids is 1. The van der Waals surface area contributed by atoms with Gasteiger partial charge in [-0.1, -0.05) is 38.3 Å². The van der Waals surface area contributed by atoms with Crippen molar-refractivity contribution in [2.45, 2.75) is 32.6 Å². The Kier molecular flexibility index (Phi) is 9.02. The van der Waals surface area contributed by atoms with Crippen molar-refractivity contribution in [2.75, 3.05) is 19.0 Å². The van der Waals surface area contributed by atoms with Crippen molar-refractivity contribution in [1.29, 1.82) is 0 Å². The van der Waals surface area contributed by atoms with Crippen LogP contribution in [0, 0.1) is 10.1 Å². The van der Waals surface area contributed by atoms with E-state index in [9.17, 15) is 14.9 Å². The van der Waals surface area contributed by atoms with E-state index in [4.69, 9.17) is 21.7 Å². The van der Waals surface area contributed by atoms with Gasteiger partial charge in [-0.05, 0) is 36.8 Å². The van der Waals surface area contributed by atoms with Crippen LogP contribution in [0.1, 0.15) is 43.0 Å². The van der Waals surface area contributed by atoms with Gasteiger partial charge in [0.05, 0.1) is 29.9 Å². The Labute approximate surface area is 180 Å². The minimum absolute atomic E-state index is 0.0171. The van der Waals surface area contributed by atoms with Gasteiger partial charge >= 0.3 is 0 Å². The highest BCUT2D eigenvalue weighted by Crippen LogP contribution is 2.28. The largest absolute Gasteiger partial charge is 0.495 e. The molecule has 8 nitrogen and oxygen atoms in total. The summed E-state index contributed by atoms with van der Waals surface area (Å²) in [5.41, 5.74) is 0.495. The third kappa shape index (κ3) is 6.70. The molecule has 0 saturated carbocycles. The minimum Gasteiger partial charge on any atom is -0.495 e. The molecule has 0 aliphatic heterocycles. The molecular formula is C21H25N3O5S. The fourth-order valence-corrected chi connectivity index (χ4v) is 2.92. The average Bonchev–Trinajstić information content (AvgIpc) is 2.73. The van der Waals surface area contributed by atoms with Gasteiger partial charge in [-0.2, -0.15) is 0 Å². The van der Waals surface area contributed by atoms with Gasteiger partial charge in [0.25, 0.3) is 11.6 Å². The van der Waals surface area contributed by atoms with Crippen LogP contribution in [0.4, 0.5) is 11.4 Å². The van der Waals surface area contributed by atoms with Gasteiger partial charge in [-0.3, -0.25) is 20.2 Å². The Hall–Kier alpha value is -3.20. The maximum absolute atomic E-state index is 12.7. The van der Waals surface area contributed by atoms with Crippen molar-refractivity contribution < 1.29 is 19.2 Å². The lowest BCUT2D eigenvalue weighted by atomic mass is 10.2. The van der Waals surface area contributed by atoms with Crippen molar-refractivity contribution in [1.82, 2.24) is 5.32 Å². The number of nitro benzene ring substituents is 1. The van der Waals surface area contributed by atoms with Gasteiger partial charge in [-0.15, -0.1) is 0 Å². The molecule has 0 radical (unpaired) electrons. The number of nitrogens with one attached hydrogen (secondary N) is 2. The number of thiocarbonyl (C=S) groups is 1. The van der Waals surface area contributed by atoms with E-state index < -0.39 is 10.8 Å². The number of benzene rings is 2. The Balaban J connectivity index is 2.04. The molecule has 30 heavy (non-hydrogen) atoms. The fraction of sp³-hybridized carbons (Fsp3) is 0.333. The molecule has 2 N–H and O–H groups in total. The van der Waals surface area contributed by atoms with Gasteiger partial charge in [0.2, 0.25) is 0 Å². The molecule has 0 saturated heterocycles. The molecule has 1 amide bonds. The van der Waals surface area contributed by atoms with Crippen LogP contribution in [-0.4, -0.2) is 29.7 Å². The van der Waals surface area contributed by atoms with Crippen LogP contribution in [-0.2, 0) is 0 Å². The van der Waals surface area contributed by atoms with Crippen LogP contribution in [0.15, 0.2) is 42.5 Å². The van der Waals surface area contributed by atoms with Crippen LogP contribution in [0.3, 0.4) is 0 Å². The Morgan fingerprint density at radius 2 is 1.90 bits per heavy atom. The molecule has 0 bridgehead atoms. The summed E-state index contributed by atoms with van der Waals surface area (Å²) in [5, 5.41) is 16.3. The maximum Gasteiger partial charge on any atom is 0.271 e. The average molecular weight is 432 g/mol. The summed E-state index contributed by atoms with van der Waals surface area (Å²) in [5.74, 6) is 0.385. The first-order valence-corrected chi connectivity index (χ1v) is 10.0. The number of methoxy groups -OCH3 is 1. The van der Waals surface area contributed by atoms with Crippen molar-refractivity contribution >= 4 is 34.6 Å². The molecule has 0 fully saturated rings. The van der Waals surface area contributed by atoms with Crippen LogP contribution in [0.5, 0.6) is 11.5 Å². The van der Waals surface area contributed by atoms with Crippen LogP contribution >= 0.6 is 12.2 Å². The minimum atomic E-state index is -0.527. The standard InChI is InChI=1S/C21H25N3O5S/c1-3-4-5-8-13-29-18-10-7-6-9-16(18)20(25)23-21(30)22-17-14-15(24(26)27)11-12-19(17)28-2/h6-7,9-12,14H,3-5,8,13H2,1-2H3,(H2,22,23,25,30). The number of carbonyl (C=O) groups is 1. The number of hydrogen-bond acceptors (Lipinski definition) is 6. The Morgan fingerprint density at radius 1 is 1.13 bits per heavy atom. The van der Waals surface area contributed by atoms with E-state index >= 15 is 0 Å². The Bertz CT molecular complexity index is 904. The zero-order valence-corrected chi connectivity index (χ0v) is 17.8. The number of nitro groups is 1. The molecule has 2 aromatic carbocycles. The summed E-state index contributed by atoms with van der Waals surface area (Å²) in [4.78, 5) is 23.1. The molecule has 0 unspecified atom stereocenters. The number of rotatable bonds is 10. The van der Waals surface area contributed by atoms with Crippen molar-refractivity contribution in [2.24, 2.45) is 0 Å².